The normalized spacial score (nSPS) is 12.8. The van der Waals surface area contributed by atoms with Crippen molar-refractivity contribution in [2.75, 3.05) is 7.11 Å². The van der Waals surface area contributed by atoms with Gasteiger partial charge in [-0.25, -0.2) is 0 Å². The van der Waals surface area contributed by atoms with Gasteiger partial charge in [0.1, 0.15) is 17.6 Å². The van der Waals surface area contributed by atoms with Gasteiger partial charge in [-0.05, 0) is 44.2 Å². The molecule has 76 valence electrons. The van der Waals surface area contributed by atoms with E-state index in [0.717, 1.165) is 11.5 Å². The fourth-order valence-corrected chi connectivity index (χ4v) is 1.18. The van der Waals surface area contributed by atoms with Crippen molar-refractivity contribution in [3.63, 3.8) is 0 Å². The van der Waals surface area contributed by atoms with E-state index in [1.54, 1.807) is 7.11 Å². The highest BCUT2D eigenvalue weighted by atomic mass is 16.5. The number of hydrogen-bond acceptors (Lipinski definition) is 2. The van der Waals surface area contributed by atoms with Gasteiger partial charge in [-0.2, -0.15) is 0 Å². The summed E-state index contributed by atoms with van der Waals surface area (Å²) >= 11 is 0. The van der Waals surface area contributed by atoms with Gasteiger partial charge in [-0.3, -0.25) is 0 Å². The molecule has 0 fully saturated rings. The van der Waals surface area contributed by atoms with Gasteiger partial charge in [0.25, 0.3) is 0 Å². The van der Waals surface area contributed by atoms with Crippen molar-refractivity contribution in [2.45, 2.75) is 20.0 Å². The summed E-state index contributed by atoms with van der Waals surface area (Å²) < 4.78 is 10.7. The van der Waals surface area contributed by atoms with Crippen molar-refractivity contribution >= 4 is 0 Å². The number of benzene rings is 1. The lowest BCUT2D eigenvalue weighted by atomic mass is 10.3. The summed E-state index contributed by atoms with van der Waals surface area (Å²) in [7, 11) is 1.65. The zero-order valence-corrected chi connectivity index (χ0v) is 8.86. The molecular formula is C12H16O2. The molecule has 0 spiro atoms. The van der Waals surface area contributed by atoms with Crippen molar-refractivity contribution in [1.82, 2.24) is 0 Å². The van der Waals surface area contributed by atoms with Gasteiger partial charge in [-0.15, -0.1) is 0 Å². The molecule has 0 aromatic heterocycles. The summed E-state index contributed by atoms with van der Waals surface area (Å²) in [6.07, 6.45) is 4.09. The molecule has 0 N–H and O–H groups in total. The molecule has 1 aromatic carbocycles. The first-order valence-corrected chi connectivity index (χ1v) is 4.69. The van der Waals surface area contributed by atoms with Crippen LogP contribution < -0.4 is 9.47 Å². The van der Waals surface area contributed by atoms with Crippen LogP contribution in [0.3, 0.4) is 0 Å². The van der Waals surface area contributed by atoms with Crippen LogP contribution in [0.2, 0.25) is 0 Å². The standard InChI is InChI=1S/C12H16O2/c1-4-5-10(2)14-12-8-6-11(13-3)7-9-12/h4-10H,1-3H3/b5-4+. The van der Waals surface area contributed by atoms with E-state index in [0.29, 0.717) is 0 Å². The minimum absolute atomic E-state index is 0.105. The Morgan fingerprint density at radius 1 is 1.14 bits per heavy atom. The fraction of sp³-hybridized carbons (Fsp3) is 0.333. The van der Waals surface area contributed by atoms with Crippen LogP contribution in [0.1, 0.15) is 13.8 Å². The van der Waals surface area contributed by atoms with Crippen molar-refractivity contribution < 1.29 is 9.47 Å². The van der Waals surface area contributed by atoms with E-state index < -0.39 is 0 Å². The first-order chi connectivity index (χ1) is 6.76. The second kappa shape index (κ2) is 5.32. The maximum absolute atomic E-state index is 5.61. The molecule has 0 bridgehead atoms. The Kier molecular flexibility index (Phi) is 4.05. The molecule has 0 aliphatic rings. The van der Waals surface area contributed by atoms with Crippen LogP contribution in [-0.4, -0.2) is 13.2 Å². The average Bonchev–Trinajstić information content (AvgIpc) is 2.19. The SMILES string of the molecule is C/C=C/C(C)Oc1ccc(OC)cc1. The molecule has 1 atom stereocenters. The Labute approximate surface area is 85.2 Å². The highest BCUT2D eigenvalue weighted by molar-refractivity contribution is 5.31. The molecule has 14 heavy (non-hydrogen) atoms. The molecule has 1 rings (SSSR count). The molecular weight excluding hydrogens is 176 g/mol. The van der Waals surface area contributed by atoms with Gasteiger partial charge in [0, 0.05) is 0 Å². The monoisotopic (exact) mass is 192 g/mol. The first-order valence-electron chi connectivity index (χ1n) is 4.69. The largest absolute Gasteiger partial charge is 0.497 e. The topological polar surface area (TPSA) is 18.5 Å². The second-order valence-electron chi connectivity index (χ2n) is 3.02. The number of rotatable bonds is 4. The summed E-state index contributed by atoms with van der Waals surface area (Å²) in [4.78, 5) is 0. The highest BCUT2D eigenvalue weighted by Crippen LogP contribution is 2.18. The van der Waals surface area contributed by atoms with E-state index in [9.17, 15) is 0 Å². The van der Waals surface area contributed by atoms with Gasteiger partial charge < -0.3 is 9.47 Å². The van der Waals surface area contributed by atoms with Crippen molar-refractivity contribution in [2.24, 2.45) is 0 Å². The maximum atomic E-state index is 5.61. The molecule has 0 saturated carbocycles. The lowest BCUT2D eigenvalue weighted by Crippen LogP contribution is -2.07. The van der Waals surface area contributed by atoms with E-state index >= 15 is 0 Å². The van der Waals surface area contributed by atoms with Crippen LogP contribution in [0.4, 0.5) is 0 Å². The minimum atomic E-state index is 0.105. The van der Waals surface area contributed by atoms with Gasteiger partial charge in [0.2, 0.25) is 0 Å². The molecule has 0 radical (unpaired) electrons. The Morgan fingerprint density at radius 3 is 2.21 bits per heavy atom. The third-order valence-electron chi connectivity index (χ3n) is 1.84. The lowest BCUT2D eigenvalue weighted by molar-refractivity contribution is 0.269. The molecule has 0 saturated heterocycles. The quantitative estimate of drug-likeness (QED) is 0.683. The van der Waals surface area contributed by atoms with Gasteiger partial charge in [0.05, 0.1) is 7.11 Å². The van der Waals surface area contributed by atoms with Crippen LogP contribution >= 0.6 is 0 Å². The summed E-state index contributed by atoms with van der Waals surface area (Å²) in [5.74, 6) is 1.70. The smallest absolute Gasteiger partial charge is 0.120 e. The highest BCUT2D eigenvalue weighted by Gasteiger charge is 1.98. The Bertz CT molecular complexity index is 288. The van der Waals surface area contributed by atoms with Gasteiger partial charge in [-0.1, -0.05) is 6.08 Å². The van der Waals surface area contributed by atoms with E-state index in [2.05, 4.69) is 0 Å². The molecule has 0 heterocycles. The average molecular weight is 192 g/mol. The Morgan fingerprint density at radius 2 is 1.71 bits per heavy atom. The molecule has 2 heteroatoms. The summed E-state index contributed by atoms with van der Waals surface area (Å²) in [5.41, 5.74) is 0. The van der Waals surface area contributed by atoms with Crippen molar-refractivity contribution in [3.05, 3.63) is 36.4 Å². The Balaban J connectivity index is 2.59. The van der Waals surface area contributed by atoms with Crippen LogP contribution in [0.5, 0.6) is 11.5 Å². The molecule has 1 aromatic rings. The first kappa shape index (κ1) is 10.6. The maximum Gasteiger partial charge on any atom is 0.120 e. The molecule has 1 unspecified atom stereocenters. The number of methoxy groups -OCH3 is 1. The van der Waals surface area contributed by atoms with E-state index in [1.807, 2.05) is 50.3 Å². The van der Waals surface area contributed by atoms with E-state index in [4.69, 9.17) is 9.47 Å². The number of allylic oxidation sites excluding steroid dienone is 1. The van der Waals surface area contributed by atoms with Gasteiger partial charge >= 0.3 is 0 Å². The minimum Gasteiger partial charge on any atom is -0.497 e. The van der Waals surface area contributed by atoms with Crippen LogP contribution in [0, 0.1) is 0 Å². The van der Waals surface area contributed by atoms with Gasteiger partial charge in [0.15, 0.2) is 0 Å². The Hall–Kier alpha value is -1.44. The van der Waals surface area contributed by atoms with Crippen LogP contribution in [-0.2, 0) is 0 Å². The summed E-state index contributed by atoms with van der Waals surface area (Å²) in [6, 6.07) is 7.58. The molecule has 0 aliphatic carbocycles. The predicted molar refractivity (Wildman–Crippen MR) is 57.9 cm³/mol. The van der Waals surface area contributed by atoms with Crippen LogP contribution in [0.15, 0.2) is 36.4 Å². The fourth-order valence-electron chi connectivity index (χ4n) is 1.18. The second-order valence-corrected chi connectivity index (χ2v) is 3.02. The van der Waals surface area contributed by atoms with E-state index in [1.165, 1.54) is 0 Å². The summed E-state index contributed by atoms with van der Waals surface area (Å²) in [6.45, 7) is 3.98. The number of hydrogen-bond donors (Lipinski definition) is 0. The van der Waals surface area contributed by atoms with Crippen molar-refractivity contribution in [3.8, 4) is 11.5 Å². The molecule has 0 amide bonds. The predicted octanol–water partition coefficient (Wildman–Crippen LogP) is 3.04. The van der Waals surface area contributed by atoms with Crippen LogP contribution in [0.25, 0.3) is 0 Å². The third-order valence-corrected chi connectivity index (χ3v) is 1.84. The zero-order chi connectivity index (χ0) is 10.4. The summed E-state index contributed by atoms with van der Waals surface area (Å²) in [5, 5.41) is 0. The zero-order valence-electron chi connectivity index (χ0n) is 8.86. The number of ether oxygens (including phenoxy) is 2. The third kappa shape index (κ3) is 3.13. The van der Waals surface area contributed by atoms with Crippen molar-refractivity contribution in [1.29, 1.82) is 0 Å². The molecule has 0 aliphatic heterocycles. The van der Waals surface area contributed by atoms with E-state index in [-0.39, 0.29) is 6.10 Å². The molecule has 2 nitrogen and oxygen atoms in total. The lowest BCUT2D eigenvalue weighted by Gasteiger charge is -2.10.